The number of rotatable bonds is 7. The molecule has 1 fully saturated rings. The van der Waals surface area contributed by atoms with Crippen LogP contribution in [0.15, 0.2) is 48.7 Å². The molecule has 2 aromatic carbocycles. The summed E-state index contributed by atoms with van der Waals surface area (Å²) in [5.41, 5.74) is 3.54. The highest BCUT2D eigenvalue weighted by atomic mass is 19.2. The molecule has 1 amide bonds. The maximum Gasteiger partial charge on any atom is 0.251 e. The SMILES string of the molecule is O=C(NCCN1CCCC1O)c1cccc2c1CCN2c1cc(Cc2cc(F)c(F)c(F)c2)ccn1. The summed E-state index contributed by atoms with van der Waals surface area (Å²) in [6.45, 7) is 2.53. The highest BCUT2D eigenvalue weighted by molar-refractivity contribution is 5.98. The van der Waals surface area contributed by atoms with Gasteiger partial charge in [-0.3, -0.25) is 9.69 Å². The van der Waals surface area contributed by atoms with Gasteiger partial charge in [0.1, 0.15) is 12.0 Å². The summed E-state index contributed by atoms with van der Waals surface area (Å²) >= 11 is 0. The van der Waals surface area contributed by atoms with E-state index in [2.05, 4.69) is 10.3 Å². The monoisotopic (exact) mass is 496 g/mol. The van der Waals surface area contributed by atoms with E-state index in [0.29, 0.717) is 43.0 Å². The van der Waals surface area contributed by atoms with E-state index in [1.54, 1.807) is 12.3 Å². The first-order valence-electron chi connectivity index (χ1n) is 12.1. The van der Waals surface area contributed by atoms with Crippen LogP contribution >= 0.6 is 0 Å². The third kappa shape index (κ3) is 4.94. The first-order chi connectivity index (χ1) is 17.4. The molecule has 1 saturated heterocycles. The molecule has 1 atom stereocenters. The quantitative estimate of drug-likeness (QED) is 0.486. The van der Waals surface area contributed by atoms with E-state index >= 15 is 0 Å². The Morgan fingerprint density at radius 2 is 1.89 bits per heavy atom. The molecule has 2 N–H and O–H groups in total. The van der Waals surface area contributed by atoms with E-state index < -0.39 is 23.7 Å². The van der Waals surface area contributed by atoms with Gasteiger partial charge >= 0.3 is 0 Å². The molecule has 2 aliphatic rings. The molecule has 3 aromatic rings. The Morgan fingerprint density at radius 3 is 2.64 bits per heavy atom. The van der Waals surface area contributed by atoms with E-state index in [1.165, 1.54) is 0 Å². The van der Waals surface area contributed by atoms with Crippen molar-refractivity contribution in [2.75, 3.05) is 31.1 Å². The standard InChI is InChI=1S/C27H27F3N4O2/c28-21-14-18(15-22(29)26(21)30)13-17-6-8-31-24(16-17)34-11-7-19-20(3-1-4-23(19)34)27(36)32-9-12-33-10-2-5-25(33)35/h1,3-4,6,8,14-16,25,35H,2,5,7,9-13H2,(H,32,36). The smallest absolute Gasteiger partial charge is 0.251 e. The van der Waals surface area contributed by atoms with E-state index in [-0.39, 0.29) is 12.3 Å². The number of aliphatic hydroxyl groups excluding tert-OH is 1. The number of aromatic nitrogens is 1. The summed E-state index contributed by atoms with van der Waals surface area (Å²) in [7, 11) is 0. The Labute approximate surface area is 207 Å². The molecule has 9 heteroatoms. The molecular formula is C27H27F3N4O2. The molecule has 6 nitrogen and oxygen atoms in total. The molecule has 0 saturated carbocycles. The minimum absolute atomic E-state index is 0.149. The fraction of sp³-hybridized carbons (Fsp3) is 0.333. The van der Waals surface area contributed by atoms with Gasteiger partial charge in [0.25, 0.3) is 5.91 Å². The number of carbonyl (C=O) groups is 1. The summed E-state index contributed by atoms with van der Waals surface area (Å²) in [5, 5.41) is 12.9. The molecule has 0 radical (unpaired) electrons. The minimum Gasteiger partial charge on any atom is -0.378 e. The number of nitrogens with zero attached hydrogens (tertiary/aromatic N) is 3. The van der Waals surface area contributed by atoms with Gasteiger partial charge in [0.2, 0.25) is 0 Å². The van der Waals surface area contributed by atoms with Gasteiger partial charge in [-0.1, -0.05) is 6.07 Å². The van der Waals surface area contributed by atoms with Crippen LogP contribution in [-0.4, -0.2) is 53.3 Å². The van der Waals surface area contributed by atoms with Crippen LogP contribution in [0.1, 0.15) is 39.9 Å². The summed E-state index contributed by atoms with van der Waals surface area (Å²) < 4.78 is 40.6. The van der Waals surface area contributed by atoms with Crippen LogP contribution < -0.4 is 10.2 Å². The number of benzene rings is 2. The van der Waals surface area contributed by atoms with Gasteiger partial charge in [0.05, 0.1) is 0 Å². The van der Waals surface area contributed by atoms with E-state index in [0.717, 1.165) is 48.3 Å². The second kappa shape index (κ2) is 10.3. The predicted molar refractivity (Wildman–Crippen MR) is 130 cm³/mol. The molecule has 5 rings (SSSR count). The van der Waals surface area contributed by atoms with Gasteiger partial charge < -0.3 is 15.3 Å². The lowest BCUT2D eigenvalue weighted by atomic mass is 10.0. The van der Waals surface area contributed by atoms with Gasteiger partial charge in [0.15, 0.2) is 17.5 Å². The van der Waals surface area contributed by atoms with Crippen molar-refractivity contribution in [1.29, 1.82) is 0 Å². The first-order valence-corrected chi connectivity index (χ1v) is 12.1. The van der Waals surface area contributed by atoms with Crippen LogP contribution in [0.2, 0.25) is 0 Å². The zero-order valence-electron chi connectivity index (χ0n) is 19.7. The van der Waals surface area contributed by atoms with Crippen LogP contribution in [0.3, 0.4) is 0 Å². The number of amides is 1. The normalized spacial score (nSPS) is 17.4. The summed E-state index contributed by atoms with van der Waals surface area (Å²) in [6, 6.07) is 11.2. The Morgan fingerprint density at radius 1 is 1.08 bits per heavy atom. The lowest BCUT2D eigenvalue weighted by molar-refractivity contribution is 0.0387. The van der Waals surface area contributed by atoms with Crippen molar-refractivity contribution < 1.29 is 23.1 Å². The highest BCUT2D eigenvalue weighted by Crippen LogP contribution is 2.36. The Bertz CT molecular complexity index is 1260. The molecule has 0 aliphatic carbocycles. The number of anilines is 2. The van der Waals surface area contributed by atoms with Crippen LogP contribution in [0.25, 0.3) is 0 Å². The van der Waals surface area contributed by atoms with Crippen molar-refractivity contribution >= 4 is 17.4 Å². The molecule has 1 unspecified atom stereocenters. The number of hydrogen-bond donors (Lipinski definition) is 2. The highest BCUT2D eigenvalue weighted by Gasteiger charge is 2.27. The van der Waals surface area contributed by atoms with Crippen molar-refractivity contribution in [3.63, 3.8) is 0 Å². The molecule has 0 spiro atoms. The van der Waals surface area contributed by atoms with Gasteiger partial charge in [-0.05, 0) is 78.8 Å². The van der Waals surface area contributed by atoms with Gasteiger partial charge in [-0.15, -0.1) is 0 Å². The average molecular weight is 497 g/mol. The molecular weight excluding hydrogens is 469 g/mol. The Kier molecular flexibility index (Phi) is 6.93. The number of hydrogen-bond acceptors (Lipinski definition) is 5. The fourth-order valence-corrected chi connectivity index (χ4v) is 5.03. The lowest BCUT2D eigenvalue weighted by Crippen LogP contribution is -2.37. The van der Waals surface area contributed by atoms with Crippen LogP contribution in [0.4, 0.5) is 24.7 Å². The zero-order valence-corrected chi connectivity index (χ0v) is 19.7. The van der Waals surface area contributed by atoms with Crippen molar-refractivity contribution in [1.82, 2.24) is 15.2 Å². The first kappa shape index (κ1) is 24.3. The van der Waals surface area contributed by atoms with E-state index in [9.17, 15) is 23.1 Å². The fourth-order valence-electron chi connectivity index (χ4n) is 5.03. The van der Waals surface area contributed by atoms with Crippen LogP contribution in [-0.2, 0) is 12.8 Å². The maximum atomic E-state index is 13.6. The van der Waals surface area contributed by atoms with Crippen molar-refractivity contribution in [2.45, 2.75) is 31.9 Å². The predicted octanol–water partition coefficient (Wildman–Crippen LogP) is 3.93. The van der Waals surface area contributed by atoms with Crippen molar-refractivity contribution in [3.05, 3.63) is 88.4 Å². The number of carbonyl (C=O) groups excluding carboxylic acids is 1. The zero-order chi connectivity index (χ0) is 25.2. The lowest BCUT2D eigenvalue weighted by Gasteiger charge is -2.20. The topological polar surface area (TPSA) is 68.7 Å². The Balaban J connectivity index is 1.30. The number of nitrogens with one attached hydrogen (secondary N) is 1. The molecule has 3 heterocycles. The van der Waals surface area contributed by atoms with Gasteiger partial charge in [0, 0.05) is 43.6 Å². The second-order valence-corrected chi connectivity index (χ2v) is 9.19. The van der Waals surface area contributed by atoms with Crippen LogP contribution in [0, 0.1) is 17.5 Å². The minimum atomic E-state index is -1.48. The summed E-state index contributed by atoms with van der Waals surface area (Å²) in [5.74, 6) is -3.39. The van der Waals surface area contributed by atoms with Crippen molar-refractivity contribution in [3.8, 4) is 0 Å². The third-order valence-electron chi connectivity index (χ3n) is 6.82. The molecule has 1 aromatic heterocycles. The number of likely N-dealkylation sites (tertiary alicyclic amines) is 1. The summed E-state index contributed by atoms with van der Waals surface area (Å²) in [4.78, 5) is 21.4. The summed E-state index contributed by atoms with van der Waals surface area (Å²) in [6.07, 6.45) is 3.82. The van der Waals surface area contributed by atoms with Crippen molar-refractivity contribution in [2.24, 2.45) is 0 Å². The van der Waals surface area contributed by atoms with Gasteiger partial charge in [-0.25, -0.2) is 18.2 Å². The number of pyridine rings is 1. The molecule has 2 aliphatic heterocycles. The Hall–Kier alpha value is -3.43. The van der Waals surface area contributed by atoms with Gasteiger partial charge in [-0.2, -0.15) is 0 Å². The number of fused-ring (bicyclic) bond motifs is 1. The maximum absolute atomic E-state index is 13.6. The van der Waals surface area contributed by atoms with Crippen LogP contribution in [0.5, 0.6) is 0 Å². The second-order valence-electron chi connectivity index (χ2n) is 9.19. The largest absolute Gasteiger partial charge is 0.378 e. The number of halogens is 3. The third-order valence-corrected chi connectivity index (χ3v) is 6.82. The molecule has 0 bridgehead atoms. The van der Waals surface area contributed by atoms with E-state index in [1.807, 2.05) is 34.1 Å². The van der Waals surface area contributed by atoms with E-state index in [4.69, 9.17) is 0 Å². The number of aliphatic hydroxyl groups is 1. The molecule has 36 heavy (non-hydrogen) atoms. The average Bonchev–Trinajstić information content (AvgIpc) is 3.48. The molecule has 188 valence electrons.